The Hall–Kier alpha value is -8.70. The third-order valence-electron chi connectivity index (χ3n) is 10.5. The number of nitro groups is 4. The van der Waals surface area contributed by atoms with Gasteiger partial charge < -0.3 is 14.0 Å². The molecule has 0 unspecified atom stereocenters. The molecule has 2 aliphatic rings. The molecule has 5 N–H and O–H groups in total. The Labute approximate surface area is 465 Å². The number of nitro benzene ring substituents is 4. The minimum Gasteiger partial charge on any atom is -0.744 e. The van der Waals surface area contributed by atoms with Crippen molar-refractivity contribution in [3.8, 4) is 11.5 Å². The molecule has 0 fully saturated rings. The number of anilines is 4. The molecule has 0 atom stereocenters. The predicted molar refractivity (Wildman–Crippen MR) is 265 cm³/mol. The fraction of sp³-hybridized carbons (Fsp3) is 0.0500. The van der Waals surface area contributed by atoms with E-state index in [1.54, 1.807) is 0 Å². The van der Waals surface area contributed by atoms with Crippen molar-refractivity contribution in [3.63, 3.8) is 0 Å². The van der Waals surface area contributed by atoms with Gasteiger partial charge in [-0.1, -0.05) is 0 Å². The van der Waals surface area contributed by atoms with Crippen LogP contribution in [0.4, 0.5) is 45.5 Å². The van der Waals surface area contributed by atoms with E-state index in [0.717, 1.165) is 81.1 Å². The number of methoxy groups -OCH3 is 2. The zero-order valence-corrected chi connectivity index (χ0v) is 45.0. The quantitative estimate of drug-likeness (QED) is 0.0389. The summed E-state index contributed by atoms with van der Waals surface area (Å²) in [5.74, 6) is -0.640. The van der Waals surface area contributed by atoms with Crippen LogP contribution in [0.3, 0.4) is 0 Å². The first kappa shape index (κ1) is 59.5. The summed E-state index contributed by atoms with van der Waals surface area (Å²) in [5, 5.41) is 57.7. The molecule has 6 aromatic carbocycles. The molecule has 2 aliphatic heterocycles. The van der Waals surface area contributed by atoms with Gasteiger partial charge in [-0.3, -0.25) is 65.0 Å². The molecule has 0 aliphatic carbocycles. The molecule has 0 amide bonds. The number of ether oxygens (including phenoxy) is 2. The summed E-state index contributed by atoms with van der Waals surface area (Å²) in [4.78, 5) is 38.4. The molecule has 0 spiro atoms. The standard InChI is InChI=1S/2C20H16N6O11S2.Na/c2*1-37-18-10-14(26(29)30)6-9-17(18)24-22-20(21-23(24)12-2-4-13(5-3-12)25(27)28)16-8-7-15(38(31,32)33)11-19(16)39(34,35)36;/h2*2-11H,1H3,(H,21,22)(H,31,32,33)(H,34,35,36);/q;;+1/p-1. The van der Waals surface area contributed by atoms with Gasteiger partial charge in [-0.05, 0) is 72.8 Å². The molecule has 34 nitrogen and oxygen atoms in total. The van der Waals surface area contributed by atoms with Crippen LogP contribution < -0.4 is 70.4 Å². The van der Waals surface area contributed by atoms with Crippen LogP contribution in [0.5, 0.6) is 11.5 Å². The van der Waals surface area contributed by atoms with E-state index in [4.69, 9.17) is 9.47 Å². The van der Waals surface area contributed by atoms with Crippen molar-refractivity contribution in [1.82, 2.24) is 10.9 Å². The number of hydrazone groups is 2. The van der Waals surface area contributed by atoms with Crippen molar-refractivity contribution in [1.29, 1.82) is 0 Å². The maximum atomic E-state index is 12.1. The zero-order chi connectivity index (χ0) is 57.4. The van der Waals surface area contributed by atoms with Crippen molar-refractivity contribution in [3.05, 3.63) is 173 Å². The molecule has 2 heterocycles. The van der Waals surface area contributed by atoms with E-state index in [1.165, 1.54) is 62.8 Å². The van der Waals surface area contributed by atoms with Crippen LogP contribution in [0.2, 0.25) is 0 Å². The molecule has 0 radical (unpaired) electrons. The van der Waals surface area contributed by atoms with Gasteiger partial charge in [-0.15, -0.1) is 10.2 Å². The first-order chi connectivity index (χ1) is 36.4. The number of hydrogen-bond donors (Lipinski definition) is 5. The number of benzene rings is 6. The third-order valence-corrected chi connectivity index (χ3v) is 14.0. The molecule has 39 heteroatoms. The van der Waals surface area contributed by atoms with Crippen LogP contribution in [0, 0.1) is 40.5 Å². The van der Waals surface area contributed by atoms with Crippen LogP contribution in [-0.2, 0) is 40.5 Å². The molecule has 8 rings (SSSR count). The summed E-state index contributed by atoms with van der Waals surface area (Å²) in [7, 11) is -17.6. The molecule has 0 bridgehead atoms. The van der Waals surface area contributed by atoms with Crippen molar-refractivity contribution < 1.29 is 111 Å². The first-order valence-electron chi connectivity index (χ1n) is 20.6. The molecule has 79 heavy (non-hydrogen) atoms. The van der Waals surface area contributed by atoms with Gasteiger partial charge in [0.25, 0.3) is 53.1 Å². The summed E-state index contributed by atoms with van der Waals surface area (Å²) >= 11 is 0. The molecule has 0 saturated heterocycles. The van der Waals surface area contributed by atoms with Crippen LogP contribution in [-0.4, -0.2) is 97.5 Å². The number of amidine groups is 2. The Bertz CT molecular complexity index is 3750. The van der Waals surface area contributed by atoms with E-state index in [2.05, 4.69) is 21.1 Å². The van der Waals surface area contributed by atoms with Gasteiger partial charge in [0, 0.05) is 47.5 Å². The molecule has 6 aromatic rings. The SMILES string of the molecule is COc1cc([N+](=O)[O-])ccc1N1NC(c2ccc(S(=O)(=O)O)cc2S(=O)(=O)O)=NN1c1ccc([N+](=O)[O-])cc1.COc1cc([N+](=O)[O-])ccc1N1NC(c2ccc(S(=O)(=O)[O-])cc2S(=O)(=O)O)=NN1c1ccc([N+](=O)[O-])cc1.[Na+]. The van der Waals surface area contributed by atoms with E-state index >= 15 is 0 Å². The van der Waals surface area contributed by atoms with Crippen LogP contribution in [0.1, 0.15) is 11.1 Å². The van der Waals surface area contributed by atoms with E-state index in [9.17, 15) is 92.3 Å². The van der Waals surface area contributed by atoms with E-state index in [-0.39, 0.29) is 109 Å². The first-order valence-corrected chi connectivity index (χ1v) is 26.4. The minimum atomic E-state index is -5.10. The zero-order valence-electron chi connectivity index (χ0n) is 39.8. The van der Waals surface area contributed by atoms with E-state index in [0.29, 0.717) is 12.1 Å². The summed E-state index contributed by atoms with van der Waals surface area (Å²) in [6.45, 7) is 0. The van der Waals surface area contributed by atoms with Crippen molar-refractivity contribution in [2.75, 3.05) is 34.7 Å². The molecular formula is C40H31N12NaO22S4. The minimum absolute atomic E-state index is 0. The van der Waals surface area contributed by atoms with E-state index in [1.807, 2.05) is 0 Å². The molecule has 408 valence electrons. The second-order valence-electron chi connectivity index (χ2n) is 15.3. The molecule has 0 saturated carbocycles. The van der Waals surface area contributed by atoms with Gasteiger partial charge in [0.15, 0.2) is 23.2 Å². The Kier molecular flexibility index (Phi) is 17.1. The maximum absolute atomic E-state index is 12.1. The Morgan fingerprint density at radius 1 is 0.468 bits per heavy atom. The number of hydrazine groups is 4. The largest absolute Gasteiger partial charge is 1.00 e. The Morgan fingerprint density at radius 2 is 0.797 bits per heavy atom. The average Bonchev–Trinajstić information content (AvgIpc) is 4.04. The molecular weight excluding hydrogens is 1150 g/mol. The number of nitrogens with zero attached hydrogens (tertiary/aromatic N) is 10. The van der Waals surface area contributed by atoms with Gasteiger partial charge in [0.1, 0.15) is 31.3 Å². The number of nitrogens with one attached hydrogen (secondary N) is 2. The number of non-ortho nitro benzene ring substituents is 4. The van der Waals surface area contributed by atoms with Crippen molar-refractivity contribution in [2.45, 2.75) is 19.6 Å². The smallest absolute Gasteiger partial charge is 0.744 e. The Morgan fingerprint density at radius 3 is 1.10 bits per heavy atom. The fourth-order valence-corrected chi connectivity index (χ4v) is 9.57. The Balaban J connectivity index is 0.000000252. The second-order valence-corrected chi connectivity index (χ2v) is 20.9. The van der Waals surface area contributed by atoms with E-state index < -0.39 is 79.7 Å². The summed E-state index contributed by atoms with van der Waals surface area (Å²) in [6, 6.07) is 21.5. The summed E-state index contributed by atoms with van der Waals surface area (Å²) in [5.41, 5.74) is 4.22. The third kappa shape index (κ3) is 13.0. The van der Waals surface area contributed by atoms with Gasteiger partial charge >= 0.3 is 29.6 Å². The maximum Gasteiger partial charge on any atom is 1.00 e. The average molecular weight is 1180 g/mol. The monoisotopic (exact) mass is 1180 g/mol. The number of rotatable bonds is 16. The van der Waals surface area contributed by atoms with Crippen LogP contribution in [0.15, 0.2) is 151 Å². The van der Waals surface area contributed by atoms with Gasteiger partial charge in [-0.2, -0.15) is 45.7 Å². The predicted octanol–water partition coefficient (Wildman–Crippen LogP) is 0.887. The van der Waals surface area contributed by atoms with Gasteiger partial charge in [0.05, 0.1) is 67.2 Å². The topological polar surface area (TPSA) is 473 Å². The van der Waals surface area contributed by atoms with Crippen molar-refractivity contribution >= 4 is 97.6 Å². The second kappa shape index (κ2) is 22.7. The van der Waals surface area contributed by atoms with Gasteiger partial charge in [-0.25, -0.2) is 8.42 Å². The normalized spacial score (nSPS) is 13.4. The van der Waals surface area contributed by atoms with Crippen LogP contribution >= 0.6 is 0 Å². The fourth-order valence-electron chi connectivity index (χ4n) is 6.98. The summed E-state index contributed by atoms with van der Waals surface area (Å²) < 4.78 is 145. The van der Waals surface area contributed by atoms with Crippen molar-refractivity contribution in [2.24, 2.45) is 10.2 Å². The molecule has 0 aromatic heterocycles. The van der Waals surface area contributed by atoms with Crippen LogP contribution in [0.25, 0.3) is 0 Å². The van der Waals surface area contributed by atoms with Gasteiger partial charge in [0.2, 0.25) is 0 Å². The summed E-state index contributed by atoms with van der Waals surface area (Å²) in [6.07, 6.45) is 0. The number of hydrogen-bond acceptors (Lipinski definition) is 27.